The number of carbonyl (C=O) groups is 1. The average molecular weight is 286 g/mol. The second-order valence-electron chi connectivity index (χ2n) is 4.87. The molecular weight excluding hydrogens is 264 g/mol. The number of hydrogen-bond donors (Lipinski definition) is 2. The lowest BCUT2D eigenvalue weighted by Gasteiger charge is -2.13. The maximum atomic E-state index is 11.8. The van der Waals surface area contributed by atoms with Crippen LogP contribution < -0.4 is 15.5 Å². The van der Waals surface area contributed by atoms with E-state index >= 15 is 0 Å². The normalized spacial score (nSPS) is 10.7. The largest absolute Gasteiger partial charge is 0.378 e. The van der Waals surface area contributed by atoms with Crippen molar-refractivity contribution >= 4 is 17.3 Å². The first-order valence-electron chi connectivity index (χ1n) is 7.01. The molecule has 0 radical (unpaired) electrons. The average Bonchev–Trinajstić information content (AvgIpc) is 2.48. The van der Waals surface area contributed by atoms with Gasteiger partial charge in [-0.1, -0.05) is 19.4 Å². The first-order valence-corrected chi connectivity index (χ1v) is 7.01. The summed E-state index contributed by atoms with van der Waals surface area (Å²) >= 11 is 0. The molecular formula is C16H22N4O. The molecule has 1 aromatic rings. The maximum absolute atomic E-state index is 11.8. The Labute approximate surface area is 126 Å². The number of unbranched alkanes of at least 4 members (excludes halogenated alkanes) is 1. The number of nitriles is 1. The van der Waals surface area contributed by atoms with Crippen LogP contribution >= 0.6 is 0 Å². The Kier molecular flexibility index (Phi) is 6.82. The molecule has 5 heteroatoms. The van der Waals surface area contributed by atoms with Gasteiger partial charge in [0.15, 0.2) is 0 Å². The minimum atomic E-state index is -0.345. The first-order chi connectivity index (χ1) is 10.1. The Morgan fingerprint density at radius 3 is 2.81 bits per heavy atom. The van der Waals surface area contributed by atoms with E-state index in [4.69, 9.17) is 5.26 Å². The Balaban J connectivity index is 2.70. The lowest BCUT2D eigenvalue weighted by molar-refractivity contribution is -0.117. The van der Waals surface area contributed by atoms with Gasteiger partial charge in [-0.15, -0.1) is 0 Å². The fourth-order valence-corrected chi connectivity index (χ4v) is 1.65. The first kappa shape index (κ1) is 16.6. The summed E-state index contributed by atoms with van der Waals surface area (Å²) < 4.78 is 0. The lowest BCUT2D eigenvalue weighted by Crippen LogP contribution is -2.25. The molecule has 21 heavy (non-hydrogen) atoms. The van der Waals surface area contributed by atoms with Gasteiger partial charge in [-0.3, -0.25) is 4.79 Å². The van der Waals surface area contributed by atoms with Crippen molar-refractivity contribution in [1.82, 2.24) is 5.32 Å². The molecule has 0 aromatic heterocycles. The lowest BCUT2D eigenvalue weighted by atomic mass is 10.2. The molecule has 0 heterocycles. The molecule has 0 aliphatic carbocycles. The number of rotatable bonds is 7. The number of amides is 1. The molecule has 0 aliphatic rings. The van der Waals surface area contributed by atoms with Gasteiger partial charge in [0, 0.05) is 38.2 Å². The fraction of sp³-hybridized carbons (Fsp3) is 0.375. The Morgan fingerprint density at radius 1 is 1.43 bits per heavy atom. The quantitative estimate of drug-likeness (QED) is 0.459. The molecule has 0 bridgehead atoms. The summed E-state index contributed by atoms with van der Waals surface area (Å²) in [5, 5.41) is 14.8. The van der Waals surface area contributed by atoms with Gasteiger partial charge in [-0.2, -0.15) is 5.26 Å². The van der Waals surface area contributed by atoms with Crippen molar-refractivity contribution in [2.75, 3.05) is 30.9 Å². The van der Waals surface area contributed by atoms with E-state index in [2.05, 4.69) is 10.6 Å². The second kappa shape index (κ2) is 8.64. The van der Waals surface area contributed by atoms with Crippen molar-refractivity contribution in [2.45, 2.75) is 19.8 Å². The van der Waals surface area contributed by atoms with Gasteiger partial charge in [0.1, 0.15) is 11.6 Å². The molecule has 1 aromatic carbocycles. The van der Waals surface area contributed by atoms with E-state index in [1.165, 1.54) is 6.20 Å². The fourth-order valence-electron chi connectivity index (χ4n) is 1.65. The van der Waals surface area contributed by atoms with Crippen molar-refractivity contribution in [3.8, 4) is 6.07 Å². The molecule has 0 unspecified atom stereocenters. The van der Waals surface area contributed by atoms with Crippen molar-refractivity contribution in [3.63, 3.8) is 0 Å². The Hall–Kier alpha value is -2.48. The van der Waals surface area contributed by atoms with Crippen LogP contribution in [0.15, 0.2) is 36.0 Å². The van der Waals surface area contributed by atoms with Gasteiger partial charge in [-0.25, -0.2) is 0 Å². The van der Waals surface area contributed by atoms with Gasteiger partial charge in [0.25, 0.3) is 5.91 Å². The van der Waals surface area contributed by atoms with Crippen LogP contribution in [-0.2, 0) is 4.79 Å². The number of nitrogens with zero attached hydrogens (tertiary/aromatic N) is 2. The van der Waals surface area contributed by atoms with Crippen molar-refractivity contribution in [3.05, 3.63) is 36.0 Å². The van der Waals surface area contributed by atoms with Crippen molar-refractivity contribution < 1.29 is 4.79 Å². The molecule has 0 spiro atoms. The summed E-state index contributed by atoms with van der Waals surface area (Å²) in [5.41, 5.74) is 1.94. The minimum absolute atomic E-state index is 0.0707. The van der Waals surface area contributed by atoms with E-state index in [-0.39, 0.29) is 11.5 Å². The van der Waals surface area contributed by atoms with Crippen LogP contribution in [-0.4, -0.2) is 26.5 Å². The Bertz CT molecular complexity index is 543. The van der Waals surface area contributed by atoms with Gasteiger partial charge >= 0.3 is 0 Å². The zero-order chi connectivity index (χ0) is 15.7. The SMILES string of the molecule is CCCCNC(=O)/C(C#N)=C\Nc1cccc(N(C)C)c1. The van der Waals surface area contributed by atoms with E-state index in [1.807, 2.05) is 56.3 Å². The molecule has 0 aliphatic heterocycles. The summed E-state index contributed by atoms with van der Waals surface area (Å²) in [4.78, 5) is 13.8. The minimum Gasteiger partial charge on any atom is -0.378 e. The van der Waals surface area contributed by atoms with E-state index < -0.39 is 0 Å². The van der Waals surface area contributed by atoms with Crippen LogP contribution in [0.1, 0.15) is 19.8 Å². The molecule has 0 saturated heterocycles. The number of carbonyl (C=O) groups excluding carboxylic acids is 1. The molecule has 112 valence electrons. The monoisotopic (exact) mass is 286 g/mol. The summed E-state index contributed by atoms with van der Waals surface area (Å²) in [7, 11) is 3.91. The van der Waals surface area contributed by atoms with Crippen LogP contribution in [0.5, 0.6) is 0 Å². The van der Waals surface area contributed by atoms with E-state index in [0.29, 0.717) is 6.54 Å². The van der Waals surface area contributed by atoms with Crippen LogP contribution in [0.3, 0.4) is 0 Å². The Morgan fingerprint density at radius 2 is 2.19 bits per heavy atom. The predicted molar refractivity (Wildman–Crippen MR) is 86.0 cm³/mol. The smallest absolute Gasteiger partial charge is 0.263 e. The van der Waals surface area contributed by atoms with E-state index in [1.54, 1.807) is 0 Å². The van der Waals surface area contributed by atoms with Crippen LogP contribution in [0, 0.1) is 11.3 Å². The summed E-state index contributed by atoms with van der Waals surface area (Å²) in [6.45, 7) is 2.64. The zero-order valence-corrected chi connectivity index (χ0v) is 12.8. The van der Waals surface area contributed by atoms with E-state index in [9.17, 15) is 4.79 Å². The third-order valence-electron chi connectivity index (χ3n) is 2.93. The highest BCUT2D eigenvalue weighted by molar-refractivity contribution is 5.97. The third kappa shape index (κ3) is 5.57. The van der Waals surface area contributed by atoms with Gasteiger partial charge < -0.3 is 15.5 Å². The highest BCUT2D eigenvalue weighted by Gasteiger charge is 2.07. The van der Waals surface area contributed by atoms with Crippen LogP contribution in [0.25, 0.3) is 0 Å². The summed E-state index contributed by atoms with van der Waals surface area (Å²) in [6.07, 6.45) is 3.35. The highest BCUT2D eigenvalue weighted by Crippen LogP contribution is 2.17. The van der Waals surface area contributed by atoms with Crippen molar-refractivity contribution in [1.29, 1.82) is 5.26 Å². The summed E-state index contributed by atoms with van der Waals surface area (Å²) in [6, 6.07) is 9.64. The van der Waals surface area contributed by atoms with Gasteiger partial charge in [0.05, 0.1) is 0 Å². The number of nitrogens with one attached hydrogen (secondary N) is 2. The predicted octanol–water partition coefficient (Wildman–Crippen LogP) is 2.49. The number of hydrogen-bond acceptors (Lipinski definition) is 4. The molecule has 5 nitrogen and oxygen atoms in total. The molecule has 1 amide bonds. The van der Waals surface area contributed by atoms with Gasteiger partial charge in [0.2, 0.25) is 0 Å². The summed E-state index contributed by atoms with van der Waals surface area (Å²) in [5.74, 6) is -0.345. The molecule has 0 fully saturated rings. The number of anilines is 2. The molecule has 0 atom stereocenters. The molecule has 1 rings (SSSR count). The second-order valence-corrected chi connectivity index (χ2v) is 4.87. The topological polar surface area (TPSA) is 68.2 Å². The standard InChI is InChI=1S/C16H22N4O/c1-4-5-9-18-16(21)13(11-17)12-19-14-7-6-8-15(10-14)20(2)3/h6-8,10,12,19H,4-5,9H2,1-3H3,(H,18,21)/b13-12-. The molecule has 0 saturated carbocycles. The van der Waals surface area contributed by atoms with Crippen LogP contribution in [0.4, 0.5) is 11.4 Å². The third-order valence-corrected chi connectivity index (χ3v) is 2.93. The van der Waals surface area contributed by atoms with Gasteiger partial charge in [-0.05, 0) is 24.6 Å². The zero-order valence-electron chi connectivity index (χ0n) is 12.8. The highest BCUT2D eigenvalue weighted by atomic mass is 16.1. The van der Waals surface area contributed by atoms with Crippen molar-refractivity contribution in [2.24, 2.45) is 0 Å². The van der Waals surface area contributed by atoms with E-state index in [0.717, 1.165) is 24.2 Å². The number of benzene rings is 1. The molecule has 2 N–H and O–H groups in total. The maximum Gasteiger partial charge on any atom is 0.263 e. The van der Waals surface area contributed by atoms with Crippen LogP contribution in [0.2, 0.25) is 0 Å².